The van der Waals surface area contributed by atoms with Crippen molar-refractivity contribution in [3.05, 3.63) is 78.0 Å². The summed E-state index contributed by atoms with van der Waals surface area (Å²) in [5.41, 5.74) is -1.54. The van der Waals surface area contributed by atoms with Crippen LogP contribution in [-0.4, -0.2) is 71.0 Å². The molecule has 10 nitrogen and oxygen atoms in total. The zero-order valence-corrected chi connectivity index (χ0v) is 22.6. The van der Waals surface area contributed by atoms with Crippen molar-refractivity contribution < 1.29 is 27.1 Å². The summed E-state index contributed by atoms with van der Waals surface area (Å²) in [6, 6.07) is 11.8. The normalized spacial score (nSPS) is 14.0. The van der Waals surface area contributed by atoms with E-state index in [2.05, 4.69) is 30.6 Å². The SMILES string of the molecule is CNc1ncnc(-c2cccnc2Oc2c(N3CCN(C)CC3)c(NC(=O)c3ccccc3)cc(F)c2C(F)(F)F)n1. The van der Waals surface area contributed by atoms with Crippen LogP contribution in [0.2, 0.25) is 0 Å². The lowest BCUT2D eigenvalue weighted by Gasteiger charge is -2.36. The molecule has 1 aliphatic heterocycles. The van der Waals surface area contributed by atoms with Crippen molar-refractivity contribution in [3.63, 3.8) is 0 Å². The van der Waals surface area contributed by atoms with E-state index in [1.165, 1.54) is 36.8 Å². The number of rotatable bonds is 7. The summed E-state index contributed by atoms with van der Waals surface area (Å²) in [7, 11) is 3.47. The number of benzene rings is 2. The van der Waals surface area contributed by atoms with Crippen molar-refractivity contribution in [1.82, 2.24) is 24.8 Å². The molecule has 4 aromatic rings. The van der Waals surface area contributed by atoms with Crippen LogP contribution in [-0.2, 0) is 6.18 Å². The van der Waals surface area contributed by atoms with E-state index in [9.17, 15) is 18.0 Å². The molecule has 1 aliphatic rings. The fraction of sp³-hybridized carbons (Fsp3) is 0.250. The molecule has 0 spiro atoms. The standard InChI is InChI=1S/C28H26F4N8O2/c1-33-27-36-16-35-24(38-27)18-9-6-10-34-26(18)42-23-21(28(30,31)32)19(29)15-20(22(23)40-13-11-39(2)12-14-40)37-25(41)17-7-4-3-5-8-17/h3-10,15-16H,11-14H2,1-2H3,(H,37,41)(H,33,35,36,38). The average molecular weight is 583 g/mol. The minimum atomic E-state index is -5.15. The van der Waals surface area contributed by atoms with Crippen molar-refractivity contribution in [3.8, 4) is 23.0 Å². The summed E-state index contributed by atoms with van der Waals surface area (Å²) in [5.74, 6) is -3.09. The molecule has 0 unspecified atom stereocenters. The van der Waals surface area contributed by atoms with Gasteiger partial charge in [-0.2, -0.15) is 18.2 Å². The molecule has 42 heavy (non-hydrogen) atoms. The zero-order valence-electron chi connectivity index (χ0n) is 22.6. The number of alkyl halides is 3. The highest BCUT2D eigenvalue weighted by Gasteiger charge is 2.42. The van der Waals surface area contributed by atoms with Crippen LogP contribution in [0.25, 0.3) is 11.4 Å². The van der Waals surface area contributed by atoms with Crippen molar-refractivity contribution in [2.45, 2.75) is 6.18 Å². The van der Waals surface area contributed by atoms with Crippen molar-refractivity contribution >= 4 is 23.2 Å². The number of pyridine rings is 1. The van der Waals surface area contributed by atoms with E-state index < -0.39 is 29.2 Å². The first-order valence-corrected chi connectivity index (χ1v) is 12.9. The van der Waals surface area contributed by atoms with Gasteiger partial charge in [-0.3, -0.25) is 4.79 Å². The van der Waals surface area contributed by atoms with Crippen molar-refractivity contribution in [2.75, 3.05) is 55.8 Å². The largest absolute Gasteiger partial charge is 0.435 e. The number of hydrogen-bond donors (Lipinski definition) is 2. The number of piperazine rings is 1. The molecule has 0 saturated carbocycles. The molecule has 0 radical (unpaired) electrons. The third-order valence-electron chi connectivity index (χ3n) is 6.60. The number of halogens is 4. The second kappa shape index (κ2) is 11.9. The quantitative estimate of drug-likeness (QED) is 0.293. The summed E-state index contributed by atoms with van der Waals surface area (Å²) < 4.78 is 64.9. The van der Waals surface area contributed by atoms with E-state index in [-0.39, 0.29) is 53.2 Å². The van der Waals surface area contributed by atoms with Crippen LogP contribution in [0.1, 0.15) is 15.9 Å². The lowest BCUT2D eigenvalue weighted by atomic mass is 10.1. The van der Waals surface area contributed by atoms with Crippen LogP contribution in [0.5, 0.6) is 11.6 Å². The molecule has 3 heterocycles. The number of aromatic nitrogens is 4. The van der Waals surface area contributed by atoms with Crippen molar-refractivity contribution in [2.24, 2.45) is 0 Å². The molecular weight excluding hydrogens is 556 g/mol. The van der Waals surface area contributed by atoms with E-state index in [1.807, 2.05) is 11.9 Å². The van der Waals surface area contributed by atoms with Gasteiger partial charge in [0, 0.05) is 51.1 Å². The van der Waals surface area contributed by atoms with Gasteiger partial charge in [0.15, 0.2) is 11.6 Å². The van der Waals surface area contributed by atoms with Crippen LogP contribution in [0.4, 0.5) is 34.9 Å². The molecule has 1 fully saturated rings. The molecule has 5 rings (SSSR count). The fourth-order valence-corrected chi connectivity index (χ4v) is 4.49. The predicted octanol–water partition coefficient (Wildman–Crippen LogP) is 4.93. The summed E-state index contributed by atoms with van der Waals surface area (Å²) in [6.45, 7) is 1.60. The Bertz CT molecular complexity index is 1580. The lowest BCUT2D eigenvalue weighted by Crippen LogP contribution is -2.45. The molecule has 0 atom stereocenters. The second-order valence-corrected chi connectivity index (χ2v) is 9.41. The summed E-state index contributed by atoms with van der Waals surface area (Å²) in [4.78, 5) is 33.2. The summed E-state index contributed by atoms with van der Waals surface area (Å²) in [5, 5.41) is 5.36. The molecule has 1 saturated heterocycles. The highest BCUT2D eigenvalue weighted by Crippen LogP contribution is 2.50. The molecule has 0 aliphatic carbocycles. The summed E-state index contributed by atoms with van der Waals surface area (Å²) >= 11 is 0. The Hall–Kier alpha value is -4.85. The van der Waals surface area contributed by atoms with Gasteiger partial charge in [0.25, 0.3) is 5.91 Å². The van der Waals surface area contributed by atoms with Crippen LogP contribution in [0.15, 0.2) is 61.1 Å². The van der Waals surface area contributed by atoms with Crippen LogP contribution < -0.4 is 20.3 Å². The zero-order chi connectivity index (χ0) is 29.9. The average Bonchev–Trinajstić information content (AvgIpc) is 2.98. The predicted molar refractivity (Wildman–Crippen MR) is 148 cm³/mol. The number of hydrogen-bond acceptors (Lipinski definition) is 9. The number of ether oxygens (including phenoxy) is 1. The minimum Gasteiger partial charge on any atom is -0.435 e. The van der Waals surface area contributed by atoms with E-state index in [0.29, 0.717) is 19.2 Å². The third-order valence-corrected chi connectivity index (χ3v) is 6.60. The van der Waals surface area contributed by atoms with Crippen molar-refractivity contribution in [1.29, 1.82) is 0 Å². The van der Waals surface area contributed by atoms with Gasteiger partial charge in [0.05, 0.1) is 11.3 Å². The third kappa shape index (κ3) is 6.07. The first kappa shape index (κ1) is 28.7. The highest BCUT2D eigenvalue weighted by molar-refractivity contribution is 6.06. The Morgan fingerprint density at radius 3 is 2.43 bits per heavy atom. The maximum Gasteiger partial charge on any atom is 0.422 e. The fourth-order valence-electron chi connectivity index (χ4n) is 4.49. The summed E-state index contributed by atoms with van der Waals surface area (Å²) in [6.07, 6.45) is -2.61. The Balaban J connectivity index is 1.70. The molecule has 14 heteroatoms. The number of anilines is 3. The number of carbonyl (C=O) groups is 1. The number of amides is 1. The van der Waals surface area contributed by atoms with Gasteiger partial charge in [-0.25, -0.2) is 19.3 Å². The topological polar surface area (TPSA) is 108 Å². The van der Waals surface area contributed by atoms with E-state index in [1.54, 1.807) is 30.1 Å². The molecule has 2 N–H and O–H groups in total. The molecule has 1 amide bonds. The molecule has 2 aromatic carbocycles. The van der Waals surface area contributed by atoms with Gasteiger partial charge >= 0.3 is 6.18 Å². The Morgan fingerprint density at radius 1 is 1.00 bits per heavy atom. The van der Waals surface area contributed by atoms with Gasteiger partial charge in [-0.15, -0.1) is 0 Å². The van der Waals surface area contributed by atoms with Gasteiger partial charge in [-0.1, -0.05) is 18.2 Å². The maximum atomic E-state index is 15.5. The monoisotopic (exact) mass is 582 g/mol. The Morgan fingerprint density at radius 2 is 1.74 bits per heavy atom. The highest BCUT2D eigenvalue weighted by atomic mass is 19.4. The Kier molecular flexibility index (Phi) is 8.15. The van der Waals surface area contributed by atoms with Crippen LogP contribution in [0.3, 0.4) is 0 Å². The molecule has 218 valence electrons. The minimum absolute atomic E-state index is 0.0705. The van der Waals surface area contributed by atoms with E-state index in [4.69, 9.17) is 4.74 Å². The lowest BCUT2D eigenvalue weighted by molar-refractivity contribution is -0.140. The van der Waals surface area contributed by atoms with E-state index >= 15 is 4.39 Å². The van der Waals surface area contributed by atoms with Gasteiger partial charge in [-0.05, 0) is 31.3 Å². The first-order chi connectivity index (χ1) is 20.2. The first-order valence-electron chi connectivity index (χ1n) is 12.9. The van der Waals surface area contributed by atoms with Gasteiger partial charge in [0.2, 0.25) is 11.8 Å². The van der Waals surface area contributed by atoms with Crippen LogP contribution >= 0.6 is 0 Å². The Labute approximate surface area is 238 Å². The molecular formula is C28H26F4N8O2. The molecule has 0 bridgehead atoms. The number of likely N-dealkylation sites (N-methyl/N-ethyl adjacent to an activating group) is 1. The van der Waals surface area contributed by atoms with Gasteiger partial charge < -0.3 is 25.2 Å². The molecule has 2 aromatic heterocycles. The number of carbonyl (C=O) groups excluding carboxylic acids is 1. The van der Waals surface area contributed by atoms with Crippen LogP contribution in [0, 0.1) is 5.82 Å². The second-order valence-electron chi connectivity index (χ2n) is 9.41. The van der Waals surface area contributed by atoms with Gasteiger partial charge in [0.1, 0.15) is 23.4 Å². The maximum absolute atomic E-state index is 15.5. The number of nitrogens with one attached hydrogen (secondary N) is 2. The number of nitrogens with zero attached hydrogens (tertiary/aromatic N) is 6. The van der Waals surface area contributed by atoms with E-state index in [0.717, 1.165) is 0 Å². The smallest absolute Gasteiger partial charge is 0.422 e.